The largest absolute Gasteiger partial charge is 0.677 e. The highest BCUT2D eigenvalue weighted by Gasteiger charge is 2.37. The third-order valence-corrected chi connectivity index (χ3v) is 2.13. The first-order valence-corrected chi connectivity index (χ1v) is 3.80. The Bertz CT molecular complexity index is 121. The number of nitrogens with two attached hydrogens (primary N) is 1. The molecule has 3 N–H and O–H groups in total. The lowest BCUT2D eigenvalue weighted by Gasteiger charge is -2.34. The molecule has 0 spiro atoms. The molecule has 12 heavy (non-hydrogen) atoms. The van der Waals surface area contributed by atoms with Crippen molar-refractivity contribution >= 4 is 0 Å². The second-order valence-electron chi connectivity index (χ2n) is 3.03. The number of alkyl halides is 3. The summed E-state index contributed by atoms with van der Waals surface area (Å²) in [5.41, 5.74) is 11.2. The van der Waals surface area contributed by atoms with Gasteiger partial charge in [-0.3, -0.25) is 0 Å². The zero-order chi connectivity index (χ0) is 9.83. The van der Waals surface area contributed by atoms with Crippen LogP contribution in [0.2, 0.25) is 0 Å². The van der Waals surface area contributed by atoms with Crippen molar-refractivity contribution in [2.24, 2.45) is 11.1 Å². The van der Waals surface area contributed by atoms with E-state index in [0.29, 0.717) is 6.42 Å². The van der Waals surface area contributed by atoms with Crippen LogP contribution in [0.5, 0.6) is 0 Å². The molecule has 0 saturated heterocycles. The van der Waals surface area contributed by atoms with E-state index in [1.165, 1.54) is 0 Å². The minimum atomic E-state index is -4.21. The lowest BCUT2D eigenvalue weighted by atomic mass is 9.82. The van der Waals surface area contributed by atoms with Crippen molar-refractivity contribution in [1.82, 2.24) is 0 Å². The second-order valence-corrected chi connectivity index (χ2v) is 3.03. The summed E-state index contributed by atoms with van der Waals surface area (Å²) in [6.45, 7) is 1.29. The number of nitrogens with one attached hydrogen (secondary N) is 1. The Hall–Kier alpha value is -0.290. The molecule has 0 fully saturated rings. The average Bonchev–Trinajstić information content (AvgIpc) is 1.99. The summed E-state index contributed by atoms with van der Waals surface area (Å²) in [7, 11) is 0. The lowest BCUT2D eigenvalue weighted by molar-refractivity contribution is -0.156. The van der Waals surface area contributed by atoms with E-state index in [4.69, 9.17) is 11.5 Å². The summed E-state index contributed by atoms with van der Waals surface area (Å²) in [4.78, 5) is 0. The van der Waals surface area contributed by atoms with Gasteiger partial charge >= 0.3 is 6.18 Å². The van der Waals surface area contributed by atoms with E-state index in [9.17, 15) is 13.2 Å². The Morgan fingerprint density at radius 2 is 1.83 bits per heavy atom. The third kappa shape index (κ3) is 3.40. The van der Waals surface area contributed by atoms with Gasteiger partial charge in [0.15, 0.2) is 0 Å². The van der Waals surface area contributed by atoms with Crippen LogP contribution in [0.3, 0.4) is 0 Å². The van der Waals surface area contributed by atoms with Gasteiger partial charge < -0.3 is 11.5 Å². The van der Waals surface area contributed by atoms with Gasteiger partial charge in [0.25, 0.3) is 0 Å². The predicted molar refractivity (Wildman–Crippen MR) is 41.6 cm³/mol. The Balaban J connectivity index is 4.30. The molecule has 0 heterocycles. The first-order chi connectivity index (χ1) is 5.39. The van der Waals surface area contributed by atoms with Crippen LogP contribution in [-0.2, 0) is 0 Å². The lowest BCUT2D eigenvalue weighted by Crippen LogP contribution is -2.37. The fourth-order valence-corrected chi connectivity index (χ4v) is 1.03. The van der Waals surface area contributed by atoms with Gasteiger partial charge in [0.2, 0.25) is 0 Å². The summed E-state index contributed by atoms with van der Waals surface area (Å²) in [6, 6.07) is 0. The molecule has 5 heteroatoms. The number of hydrogen-bond acceptors (Lipinski definition) is 1. The van der Waals surface area contributed by atoms with Crippen molar-refractivity contribution in [2.45, 2.75) is 25.9 Å². The first-order valence-electron chi connectivity index (χ1n) is 3.80. The molecular weight excluding hydrogens is 169 g/mol. The predicted octanol–water partition coefficient (Wildman–Crippen LogP) is 2.35. The normalized spacial score (nSPS) is 17.5. The van der Waals surface area contributed by atoms with Crippen molar-refractivity contribution in [2.75, 3.05) is 13.1 Å². The molecule has 0 amide bonds. The summed E-state index contributed by atoms with van der Waals surface area (Å²) in [5, 5.41) is 0. The molecule has 1 atom stereocenters. The van der Waals surface area contributed by atoms with Crippen molar-refractivity contribution in [1.29, 1.82) is 0 Å². The van der Waals surface area contributed by atoms with Crippen LogP contribution in [0.15, 0.2) is 0 Å². The minimum absolute atomic E-state index is 0.0769. The molecule has 0 aliphatic carbocycles. The van der Waals surface area contributed by atoms with Crippen molar-refractivity contribution in [3.63, 3.8) is 0 Å². The second kappa shape index (κ2) is 4.09. The van der Waals surface area contributed by atoms with E-state index >= 15 is 0 Å². The maximum absolute atomic E-state index is 12.0. The molecule has 0 aliphatic rings. The molecule has 0 aromatic heterocycles. The Kier molecular flexibility index (Phi) is 3.99. The molecule has 74 valence electrons. The molecule has 0 radical (unpaired) electrons. The van der Waals surface area contributed by atoms with Gasteiger partial charge in [-0.15, -0.1) is 6.54 Å². The molecule has 0 aromatic carbocycles. The Labute approximate surface area is 70.1 Å². The van der Waals surface area contributed by atoms with Crippen LogP contribution < -0.4 is 5.73 Å². The van der Waals surface area contributed by atoms with Gasteiger partial charge in [-0.25, -0.2) is 0 Å². The van der Waals surface area contributed by atoms with E-state index in [2.05, 4.69) is 0 Å². The van der Waals surface area contributed by atoms with Gasteiger partial charge in [0.05, 0.1) is 0 Å². The highest BCUT2D eigenvalue weighted by molar-refractivity contribution is 4.86. The van der Waals surface area contributed by atoms with Crippen molar-refractivity contribution in [3.8, 4) is 0 Å². The number of halogens is 3. The highest BCUT2D eigenvalue weighted by Crippen LogP contribution is 2.35. The van der Waals surface area contributed by atoms with Crippen LogP contribution in [0, 0.1) is 5.41 Å². The zero-order valence-electron chi connectivity index (χ0n) is 7.04. The van der Waals surface area contributed by atoms with Crippen LogP contribution in [-0.4, -0.2) is 19.3 Å². The smallest absolute Gasteiger partial charge is 0.389 e. The van der Waals surface area contributed by atoms with E-state index in [1.807, 2.05) is 0 Å². The Morgan fingerprint density at radius 1 is 1.33 bits per heavy atom. The maximum atomic E-state index is 12.0. The zero-order valence-corrected chi connectivity index (χ0v) is 7.04. The van der Waals surface area contributed by atoms with E-state index in [-0.39, 0.29) is 13.1 Å². The monoisotopic (exact) mass is 183 g/mol. The molecule has 0 aliphatic heterocycles. The van der Waals surface area contributed by atoms with Gasteiger partial charge in [-0.1, -0.05) is 13.3 Å². The van der Waals surface area contributed by atoms with Gasteiger partial charge in [0, 0.05) is 6.42 Å². The fourth-order valence-electron chi connectivity index (χ4n) is 1.03. The quantitative estimate of drug-likeness (QED) is 0.714. The molecule has 0 rings (SSSR count). The standard InChI is InChI=1S/C7H14F3N2/c1-2-6(4-11,5-12)3-7(8,9)10/h11H,2-5,12H2,1H3/q-1. The summed E-state index contributed by atoms with van der Waals surface area (Å²) < 4.78 is 35.9. The summed E-state index contributed by atoms with van der Waals surface area (Å²) in [6.07, 6.45) is -4.86. The fraction of sp³-hybridized carbons (Fsp3) is 1.00. The SMILES string of the molecule is CCC(C[NH-])(CN)CC(F)(F)F. The molecule has 1 unspecified atom stereocenters. The van der Waals surface area contributed by atoms with Crippen LogP contribution in [0.25, 0.3) is 5.73 Å². The van der Waals surface area contributed by atoms with Gasteiger partial charge in [0.1, 0.15) is 0 Å². The maximum Gasteiger partial charge on any atom is 0.389 e. The number of hydrogen-bond donors (Lipinski definition) is 1. The summed E-state index contributed by atoms with van der Waals surface area (Å²) in [5.74, 6) is 0. The van der Waals surface area contributed by atoms with Crippen LogP contribution >= 0.6 is 0 Å². The first kappa shape index (κ1) is 11.7. The van der Waals surface area contributed by atoms with Gasteiger partial charge in [-0.05, 0) is 12.0 Å². The minimum Gasteiger partial charge on any atom is -0.677 e. The molecule has 0 saturated carbocycles. The van der Waals surface area contributed by atoms with E-state index in [1.54, 1.807) is 6.92 Å². The van der Waals surface area contributed by atoms with E-state index < -0.39 is 18.0 Å². The van der Waals surface area contributed by atoms with Crippen LogP contribution in [0.4, 0.5) is 13.2 Å². The third-order valence-electron chi connectivity index (χ3n) is 2.13. The average molecular weight is 183 g/mol. The number of rotatable bonds is 4. The molecule has 0 aromatic rings. The summed E-state index contributed by atoms with van der Waals surface area (Å²) >= 11 is 0. The van der Waals surface area contributed by atoms with Crippen molar-refractivity contribution < 1.29 is 13.2 Å². The molecular formula is C7H14F3N2-. The topological polar surface area (TPSA) is 49.8 Å². The molecule has 0 bridgehead atoms. The Morgan fingerprint density at radius 3 is 1.92 bits per heavy atom. The highest BCUT2D eigenvalue weighted by atomic mass is 19.4. The van der Waals surface area contributed by atoms with Gasteiger partial charge in [-0.2, -0.15) is 13.2 Å². The van der Waals surface area contributed by atoms with Crippen LogP contribution in [0.1, 0.15) is 19.8 Å². The van der Waals surface area contributed by atoms with E-state index in [0.717, 1.165) is 0 Å². The molecule has 2 nitrogen and oxygen atoms in total. The van der Waals surface area contributed by atoms with Crippen molar-refractivity contribution in [3.05, 3.63) is 5.73 Å².